The monoisotopic (exact) mass is 298 g/mol. The SMILES string of the molecule is COc1ccc(C2Nc3ccccc3C(=O)N2C)c(OC)c1. The molecule has 0 fully saturated rings. The molecule has 0 saturated carbocycles. The van der Waals surface area contributed by atoms with E-state index in [-0.39, 0.29) is 12.1 Å². The van der Waals surface area contributed by atoms with Crippen LogP contribution in [0.4, 0.5) is 5.69 Å². The highest BCUT2D eigenvalue weighted by Gasteiger charge is 2.31. The third-order valence-electron chi connectivity index (χ3n) is 3.89. The molecule has 0 radical (unpaired) electrons. The Morgan fingerprint density at radius 1 is 1.09 bits per heavy atom. The molecular formula is C17H18N2O3. The molecule has 3 rings (SSSR count). The predicted octanol–water partition coefficient (Wildman–Crippen LogP) is 2.90. The number of carbonyl (C=O) groups excluding carboxylic acids is 1. The summed E-state index contributed by atoms with van der Waals surface area (Å²) < 4.78 is 10.7. The van der Waals surface area contributed by atoms with Gasteiger partial charge in [-0.25, -0.2) is 0 Å². The number of benzene rings is 2. The maximum absolute atomic E-state index is 12.5. The van der Waals surface area contributed by atoms with Crippen molar-refractivity contribution in [3.8, 4) is 11.5 Å². The number of carbonyl (C=O) groups is 1. The first-order valence-corrected chi connectivity index (χ1v) is 7.00. The van der Waals surface area contributed by atoms with Crippen molar-refractivity contribution in [1.29, 1.82) is 0 Å². The van der Waals surface area contributed by atoms with Crippen LogP contribution in [-0.2, 0) is 0 Å². The van der Waals surface area contributed by atoms with Gasteiger partial charge in [0, 0.05) is 24.4 Å². The summed E-state index contributed by atoms with van der Waals surface area (Å²) in [4.78, 5) is 14.2. The minimum Gasteiger partial charge on any atom is -0.497 e. The lowest BCUT2D eigenvalue weighted by atomic mass is 10.0. The smallest absolute Gasteiger partial charge is 0.257 e. The molecule has 0 saturated heterocycles. The van der Waals surface area contributed by atoms with Crippen LogP contribution in [0.2, 0.25) is 0 Å². The lowest BCUT2D eigenvalue weighted by molar-refractivity contribution is 0.0734. The van der Waals surface area contributed by atoms with E-state index < -0.39 is 0 Å². The Kier molecular flexibility index (Phi) is 3.63. The van der Waals surface area contributed by atoms with Crippen molar-refractivity contribution in [1.82, 2.24) is 4.90 Å². The Hall–Kier alpha value is -2.69. The molecule has 1 aliphatic heterocycles. The number of nitrogens with zero attached hydrogens (tertiary/aromatic N) is 1. The highest BCUT2D eigenvalue weighted by atomic mass is 16.5. The van der Waals surface area contributed by atoms with Crippen molar-refractivity contribution in [3.63, 3.8) is 0 Å². The van der Waals surface area contributed by atoms with Crippen LogP contribution in [0, 0.1) is 0 Å². The molecule has 5 nitrogen and oxygen atoms in total. The van der Waals surface area contributed by atoms with Gasteiger partial charge in [0.2, 0.25) is 0 Å². The number of hydrogen-bond acceptors (Lipinski definition) is 4. The largest absolute Gasteiger partial charge is 0.497 e. The average Bonchev–Trinajstić information content (AvgIpc) is 2.57. The summed E-state index contributed by atoms with van der Waals surface area (Å²) in [5.41, 5.74) is 2.39. The number of rotatable bonds is 3. The number of anilines is 1. The van der Waals surface area contributed by atoms with E-state index in [4.69, 9.17) is 9.47 Å². The van der Waals surface area contributed by atoms with Crippen LogP contribution < -0.4 is 14.8 Å². The summed E-state index contributed by atoms with van der Waals surface area (Å²) in [5.74, 6) is 1.37. The van der Waals surface area contributed by atoms with E-state index in [1.165, 1.54) is 0 Å². The van der Waals surface area contributed by atoms with Crippen LogP contribution in [0.1, 0.15) is 22.1 Å². The van der Waals surface area contributed by atoms with Gasteiger partial charge >= 0.3 is 0 Å². The fourth-order valence-electron chi connectivity index (χ4n) is 2.68. The third-order valence-corrected chi connectivity index (χ3v) is 3.89. The molecule has 1 unspecified atom stereocenters. The fourth-order valence-corrected chi connectivity index (χ4v) is 2.68. The molecule has 0 aromatic heterocycles. The molecular weight excluding hydrogens is 280 g/mol. The Bertz CT molecular complexity index is 715. The van der Waals surface area contributed by atoms with Gasteiger partial charge in [-0.15, -0.1) is 0 Å². The molecule has 1 aliphatic rings. The average molecular weight is 298 g/mol. The summed E-state index contributed by atoms with van der Waals surface area (Å²) >= 11 is 0. The van der Waals surface area contributed by atoms with Gasteiger partial charge in [0.1, 0.15) is 17.7 Å². The zero-order valence-electron chi connectivity index (χ0n) is 12.8. The van der Waals surface area contributed by atoms with Gasteiger partial charge < -0.3 is 19.7 Å². The second-order valence-corrected chi connectivity index (χ2v) is 5.12. The number of ether oxygens (including phenoxy) is 2. The van der Waals surface area contributed by atoms with E-state index in [9.17, 15) is 4.79 Å². The molecule has 1 atom stereocenters. The Balaban J connectivity index is 2.04. The standard InChI is InChI=1S/C17H18N2O3/c1-19-16(13-9-8-11(21-2)10-15(13)22-3)18-14-7-5-4-6-12(14)17(19)20/h4-10,16,18H,1-3H3. The van der Waals surface area contributed by atoms with Crippen molar-refractivity contribution in [2.24, 2.45) is 0 Å². The first-order valence-electron chi connectivity index (χ1n) is 7.00. The highest BCUT2D eigenvalue weighted by molar-refractivity contribution is 6.01. The second-order valence-electron chi connectivity index (χ2n) is 5.12. The molecule has 0 aliphatic carbocycles. The first-order chi connectivity index (χ1) is 10.7. The normalized spacial score (nSPS) is 16.8. The minimum absolute atomic E-state index is 0.0165. The molecule has 1 N–H and O–H groups in total. The molecule has 2 aromatic rings. The zero-order chi connectivity index (χ0) is 15.7. The summed E-state index contributed by atoms with van der Waals surface area (Å²) in [6.07, 6.45) is -0.289. The number of amides is 1. The highest BCUT2D eigenvalue weighted by Crippen LogP contribution is 2.37. The van der Waals surface area contributed by atoms with E-state index in [2.05, 4.69) is 5.32 Å². The molecule has 22 heavy (non-hydrogen) atoms. The van der Waals surface area contributed by atoms with Gasteiger partial charge in [-0.05, 0) is 24.3 Å². The van der Waals surface area contributed by atoms with Crippen molar-refractivity contribution >= 4 is 11.6 Å². The van der Waals surface area contributed by atoms with Crippen molar-refractivity contribution in [2.75, 3.05) is 26.6 Å². The third kappa shape index (κ3) is 2.24. The van der Waals surface area contributed by atoms with Crippen molar-refractivity contribution in [2.45, 2.75) is 6.17 Å². The maximum atomic E-state index is 12.5. The summed E-state index contributed by atoms with van der Waals surface area (Å²) in [7, 11) is 5.00. The Morgan fingerprint density at radius 3 is 2.59 bits per heavy atom. The molecule has 1 amide bonds. The Morgan fingerprint density at radius 2 is 1.86 bits per heavy atom. The molecule has 114 valence electrons. The van der Waals surface area contributed by atoms with Crippen LogP contribution >= 0.6 is 0 Å². The molecule has 2 aromatic carbocycles. The van der Waals surface area contributed by atoms with Crippen molar-refractivity contribution < 1.29 is 14.3 Å². The number of hydrogen-bond donors (Lipinski definition) is 1. The Labute approximate surface area is 129 Å². The van der Waals surface area contributed by atoms with Crippen LogP contribution in [-0.4, -0.2) is 32.1 Å². The van der Waals surface area contributed by atoms with E-state index >= 15 is 0 Å². The second kappa shape index (κ2) is 5.60. The van der Waals surface area contributed by atoms with Gasteiger partial charge in [0.25, 0.3) is 5.91 Å². The van der Waals surface area contributed by atoms with E-state index in [0.717, 1.165) is 11.3 Å². The number of para-hydroxylation sites is 1. The lowest BCUT2D eigenvalue weighted by Crippen LogP contribution is -2.40. The van der Waals surface area contributed by atoms with Gasteiger partial charge in [-0.3, -0.25) is 4.79 Å². The quantitative estimate of drug-likeness (QED) is 0.946. The van der Waals surface area contributed by atoms with Crippen LogP contribution in [0.15, 0.2) is 42.5 Å². The van der Waals surface area contributed by atoms with Gasteiger partial charge in [-0.1, -0.05) is 12.1 Å². The van der Waals surface area contributed by atoms with Crippen molar-refractivity contribution in [3.05, 3.63) is 53.6 Å². The van der Waals surface area contributed by atoms with E-state index in [1.54, 1.807) is 26.2 Å². The van der Waals surface area contributed by atoms with Gasteiger partial charge in [0.15, 0.2) is 0 Å². The number of methoxy groups -OCH3 is 2. The summed E-state index contributed by atoms with van der Waals surface area (Å²) in [6, 6.07) is 13.1. The summed E-state index contributed by atoms with van der Waals surface area (Å²) in [5, 5.41) is 3.39. The van der Waals surface area contributed by atoms with Gasteiger partial charge in [-0.2, -0.15) is 0 Å². The number of fused-ring (bicyclic) bond motifs is 1. The molecule has 0 spiro atoms. The zero-order valence-corrected chi connectivity index (χ0v) is 12.8. The van der Waals surface area contributed by atoms with Gasteiger partial charge in [0.05, 0.1) is 19.8 Å². The topological polar surface area (TPSA) is 50.8 Å². The van der Waals surface area contributed by atoms with Crippen LogP contribution in [0.3, 0.4) is 0 Å². The van der Waals surface area contributed by atoms with E-state index in [0.29, 0.717) is 17.1 Å². The predicted molar refractivity (Wildman–Crippen MR) is 84.4 cm³/mol. The molecule has 0 bridgehead atoms. The summed E-state index contributed by atoms with van der Waals surface area (Å²) in [6.45, 7) is 0. The lowest BCUT2D eigenvalue weighted by Gasteiger charge is -2.36. The number of nitrogens with one attached hydrogen (secondary N) is 1. The van der Waals surface area contributed by atoms with Crippen LogP contribution in [0.5, 0.6) is 11.5 Å². The van der Waals surface area contributed by atoms with Crippen LogP contribution in [0.25, 0.3) is 0 Å². The minimum atomic E-state index is -0.289. The molecule has 1 heterocycles. The molecule has 5 heteroatoms. The fraction of sp³-hybridized carbons (Fsp3) is 0.235. The maximum Gasteiger partial charge on any atom is 0.257 e. The van der Waals surface area contributed by atoms with E-state index in [1.807, 2.05) is 42.5 Å². The first kappa shape index (κ1) is 14.3.